The van der Waals surface area contributed by atoms with Crippen LogP contribution in [0.25, 0.3) is 0 Å². The van der Waals surface area contributed by atoms with E-state index in [1.807, 2.05) is 0 Å². The Morgan fingerprint density at radius 3 is 2.29 bits per heavy atom. The number of piperidine rings is 1. The van der Waals surface area contributed by atoms with Crippen molar-refractivity contribution in [2.24, 2.45) is 5.92 Å². The van der Waals surface area contributed by atoms with Gasteiger partial charge in [-0.2, -0.15) is 0 Å². The Kier molecular flexibility index (Phi) is 6.29. The van der Waals surface area contributed by atoms with Gasteiger partial charge in [-0.1, -0.05) is 6.07 Å². The lowest BCUT2D eigenvalue weighted by Gasteiger charge is -2.31. The minimum absolute atomic E-state index is 0.0556. The summed E-state index contributed by atoms with van der Waals surface area (Å²) in [5, 5.41) is 0. The Labute approximate surface area is 164 Å². The second-order valence-corrected chi connectivity index (χ2v) is 6.89. The quantitative estimate of drug-likeness (QED) is 0.714. The van der Waals surface area contributed by atoms with Gasteiger partial charge in [0.15, 0.2) is 17.3 Å². The molecule has 1 fully saturated rings. The Morgan fingerprint density at radius 2 is 1.71 bits per heavy atom. The summed E-state index contributed by atoms with van der Waals surface area (Å²) in [5.41, 5.74) is 1.28. The number of Topliss-reactive ketones (excluding diaryl/α,β-unsaturated/α-hetero) is 1. The first-order valence-corrected chi connectivity index (χ1v) is 9.30. The van der Waals surface area contributed by atoms with E-state index >= 15 is 0 Å². The van der Waals surface area contributed by atoms with Gasteiger partial charge >= 0.3 is 0 Å². The minimum atomic E-state index is -0.475. The summed E-state index contributed by atoms with van der Waals surface area (Å²) in [4.78, 5) is 26.9. The standard InChI is InChI=1S/C22H24FNO4/c1-27-18-6-4-16(5-7-18)22(26)17-9-11-24(12-10-17)21(25)14-15-3-8-20(28-2)19(23)13-15/h3-8,13,17H,9-12,14H2,1-2H3. The van der Waals surface area contributed by atoms with Crippen LogP contribution in [0.1, 0.15) is 28.8 Å². The summed E-state index contributed by atoms with van der Waals surface area (Å²) in [5.74, 6) is 0.361. The van der Waals surface area contributed by atoms with Crippen molar-refractivity contribution in [3.05, 3.63) is 59.4 Å². The van der Waals surface area contributed by atoms with Gasteiger partial charge < -0.3 is 14.4 Å². The fourth-order valence-corrected chi connectivity index (χ4v) is 3.49. The molecule has 0 aromatic heterocycles. The zero-order valence-corrected chi connectivity index (χ0v) is 16.1. The first-order chi connectivity index (χ1) is 13.5. The van der Waals surface area contributed by atoms with Crippen LogP contribution in [0.5, 0.6) is 11.5 Å². The lowest BCUT2D eigenvalue weighted by molar-refractivity contribution is -0.131. The summed E-state index contributed by atoms with van der Waals surface area (Å²) >= 11 is 0. The molecule has 0 aliphatic carbocycles. The van der Waals surface area contributed by atoms with E-state index in [1.54, 1.807) is 42.3 Å². The number of benzene rings is 2. The third-order valence-electron chi connectivity index (χ3n) is 5.16. The number of nitrogens with zero attached hydrogens (tertiary/aromatic N) is 1. The highest BCUT2D eigenvalue weighted by Crippen LogP contribution is 2.24. The molecule has 148 valence electrons. The molecule has 0 saturated carbocycles. The van der Waals surface area contributed by atoms with Crippen molar-refractivity contribution in [3.63, 3.8) is 0 Å². The van der Waals surface area contributed by atoms with Crippen LogP contribution in [0.2, 0.25) is 0 Å². The number of hydrogen-bond donors (Lipinski definition) is 0. The van der Waals surface area contributed by atoms with Gasteiger partial charge in [0, 0.05) is 24.6 Å². The molecule has 5 nitrogen and oxygen atoms in total. The number of ether oxygens (including phenoxy) is 2. The predicted molar refractivity (Wildman–Crippen MR) is 103 cm³/mol. The summed E-state index contributed by atoms with van der Waals surface area (Å²) in [6.45, 7) is 1.06. The van der Waals surface area contributed by atoms with E-state index in [4.69, 9.17) is 9.47 Å². The molecule has 0 atom stereocenters. The normalized spacial score (nSPS) is 14.6. The van der Waals surface area contributed by atoms with Crippen LogP contribution in [-0.4, -0.2) is 43.9 Å². The van der Waals surface area contributed by atoms with Gasteiger partial charge in [0.1, 0.15) is 5.75 Å². The summed E-state index contributed by atoms with van der Waals surface area (Å²) in [6, 6.07) is 11.7. The van der Waals surface area contributed by atoms with Crippen LogP contribution >= 0.6 is 0 Å². The zero-order chi connectivity index (χ0) is 20.1. The highest BCUT2D eigenvalue weighted by atomic mass is 19.1. The highest BCUT2D eigenvalue weighted by Gasteiger charge is 2.28. The second-order valence-electron chi connectivity index (χ2n) is 6.89. The van der Waals surface area contributed by atoms with Crippen molar-refractivity contribution in [3.8, 4) is 11.5 Å². The molecule has 1 amide bonds. The molecular weight excluding hydrogens is 361 g/mol. The van der Waals surface area contributed by atoms with Gasteiger partial charge in [-0.3, -0.25) is 9.59 Å². The number of hydrogen-bond acceptors (Lipinski definition) is 4. The molecule has 1 saturated heterocycles. The van der Waals surface area contributed by atoms with Gasteiger partial charge in [-0.15, -0.1) is 0 Å². The fourth-order valence-electron chi connectivity index (χ4n) is 3.49. The number of amides is 1. The van der Waals surface area contributed by atoms with Crippen LogP contribution < -0.4 is 9.47 Å². The van der Waals surface area contributed by atoms with Gasteiger partial charge in [-0.05, 0) is 54.8 Å². The van der Waals surface area contributed by atoms with Crippen LogP contribution in [0.3, 0.4) is 0 Å². The van der Waals surface area contributed by atoms with Crippen molar-refractivity contribution in [2.45, 2.75) is 19.3 Å². The number of halogens is 1. The number of carbonyl (C=O) groups is 2. The van der Waals surface area contributed by atoms with Crippen LogP contribution in [0.4, 0.5) is 4.39 Å². The van der Waals surface area contributed by atoms with Crippen molar-refractivity contribution in [1.82, 2.24) is 4.90 Å². The van der Waals surface area contributed by atoms with Crippen LogP contribution in [0, 0.1) is 11.7 Å². The van der Waals surface area contributed by atoms with E-state index in [1.165, 1.54) is 19.2 Å². The van der Waals surface area contributed by atoms with E-state index in [2.05, 4.69) is 0 Å². The molecule has 3 rings (SSSR count). The third-order valence-corrected chi connectivity index (χ3v) is 5.16. The zero-order valence-electron chi connectivity index (χ0n) is 16.1. The molecule has 0 radical (unpaired) electrons. The first kappa shape index (κ1) is 19.9. The predicted octanol–water partition coefficient (Wildman–Crippen LogP) is 3.51. The molecule has 2 aromatic carbocycles. The third kappa shape index (κ3) is 4.50. The van der Waals surface area contributed by atoms with Crippen molar-refractivity contribution < 1.29 is 23.5 Å². The molecule has 2 aromatic rings. The number of likely N-dealkylation sites (tertiary alicyclic amines) is 1. The Bertz CT molecular complexity index is 842. The van der Waals surface area contributed by atoms with E-state index in [0.717, 1.165) is 0 Å². The largest absolute Gasteiger partial charge is 0.497 e. The van der Waals surface area contributed by atoms with E-state index < -0.39 is 5.82 Å². The molecule has 28 heavy (non-hydrogen) atoms. The van der Waals surface area contributed by atoms with Gasteiger partial charge in [0.2, 0.25) is 5.91 Å². The molecule has 0 spiro atoms. The molecule has 1 aliphatic heterocycles. The average Bonchev–Trinajstić information content (AvgIpc) is 2.73. The first-order valence-electron chi connectivity index (χ1n) is 9.30. The Morgan fingerprint density at radius 1 is 1.04 bits per heavy atom. The van der Waals surface area contributed by atoms with Gasteiger partial charge in [0.25, 0.3) is 0 Å². The maximum absolute atomic E-state index is 13.8. The van der Waals surface area contributed by atoms with E-state index in [0.29, 0.717) is 42.8 Å². The molecule has 1 heterocycles. The number of ketones is 1. The van der Waals surface area contributed by atoms with Crippen molar-refractivity contribution in [2.75, 3.05) is 27.3 Å². The average molecular weight is 385 g/mol. The minimum Gasteiger partial charge on any atom is -0.497 e. The van der Waals surface area contributed by atoms with Crippen molar-refractivity contribution in [1.29, 1.82) is 0 Å². The van der Waals surface area contributed by atoms with Gasteiger partial charge in [-0.25, -0.2) is 4.39 Å². The molecule has 6 heteroatoms. The van der Waals surface area contributed by atoms with Crippen molar-refractivity contribution >= 4 is 11.7 Å². The van der Waals surface area contributed by atoms with Crippen LogP contribution in [0.15, 0.2) is 42.5 Å². The van der Waals surface area contributed by atoms with Crippen LogP contribution in [-0.2, 0) is 11.2 Å². The monoisotopic (exact) mass is 385 g/mol. The molecule has 0 N–H and O–H groups in total. The molecule has 0 bridgehead atoms. The lowest BCUT2D eigenvalue weighted by Crippen LogP contribution is -2.41. The number of methoxy groups -OCH3 is 2. The summed E-state index contributed by atoms with van der Waals surface area (Å²) in [7, 11) is 2.99. The summed E-state index contributed by atoms with van der Waals surface area (Å²) < 4.78 is 23.8. The molecule has 0 unspecified atom stereocenters. The SMILES string of the molecule is COc1ccc(C(=O)C2CCN(C(=O)Cc3ccc(OC)c(F)c3)CC2)cc1. The maximum atomic E-state index is 13.8. The Hall–Kier alpha value is -2.89. The molecular formula is C22H24FNO4. The van der Waals surface area contributed by atoms with E-state index in [9.17, 15) is 14.0 Å². The summed E-state index contributed by atoms with van der Waals surface area (Å²) in [6.07, 6.45) is 1.40. The second kappa shape index (κ2) is 8.87. The smallest absolute Gasteiger partial charge is 0.226 e. The Balaban J connectivity index is 1.54. The van der Waals surface area contributed by atoms with E-state index in [-0.39, 0.29) is 29.8 Å². The topological polar surface area (TPSA) is 55.8 Å². The highest BCUT2D eigenvalue weighted by molar-refractivity contribution is 5.98. The lowest BCUT2D eigenvalue weighted by atomic mass is 9.88. The van der Waals surface area contributed by atoms with Gasteiger partial charge in [0.05, 0.1) is 20.6 Å². The molecule has 1 aliphatic rings. The fraction of sp³-hybridized carbons (Fsp3) is 0.364. The number of carbonyl (C=O) groups excluding carboxylic acids is 2. The number of rotatable bonds is 6. The maximum Gasteiger partial charge on any atom is 0.226 e.